The maximum absolute atomic E-state index is 14.5. The van der Waals surface area contributed by atoms with Crippen molar-refractivity contribution >= 4 is 17.5 Å². The zero-order valence-corrected chi connectivity index (χ0v) is 16.9. The summed E-state index contributed by atoms with van der Waals surface area (Å²) in [5.74, 6) is 0.450. The second-order valence-electron chi connectivity index (χ2n) is 7.04. The molecule has 11 heteroatoms. The molecule has 1 saturated heterocycles. The van der Waals surface area contributed by atoms with Crippen LogP contribution in [0.5, 0.6) is 0 Å². The molecule has 0 saturated carbocycles. The maximum Gasteiger partial charge on any atom is 0.239 e. The first-order valence-electron chi connectivity index (χ1n) is 9.75. The molecule has 1 aromatic carbocycles. The molecule has 9 nitrogen and oxygen atoms in total. The summed E-state index contributed by atoms with van der Waals surface area (Å²) in [5, 5.41) is 13.4. The predicted octanol–water partition coefficient (Wildman–Crippen LogP) is 2.53. The van der Waals surface area contributed by atoms with Gasteiger partial charge < -0.3 is 9.84 Å². The standard InChI is InChI=1S/C19H21ClFN7O2/c20-12-4-3-5-13(21)17(12)14(28-8-1-2-9-28)10-22-15(29)6-7-16-25-19(27-30-16)18-23-11-24-26-18/h3-5,11,14H,1-2,6-10H2,(H,22,29)(H,23,24,26). The number of amides is 1. The molecule has 1 fully saturated rings. The summed E-state index contributed by atoms with van der Waals surface area (Å²) in [6.45, 7) is 1.96. The van der Waals surface area contributed by atoms with Gasteiger partial charge in [0, 0.05) is 30.0 Å². The number of carbonyl (C=O) groups excluding carboxylic acids is 1. The summed E-state index contributed by atoms with van der Waals surface area (Å²) >= 11 is 6.28. The lowest BCUT2D eigenvalue weighted by atomic mass is 10.0. The van der Waals surface area contributed by atoms with Gasteiger partial charge in [-0.25, -0.2) is 9.37 Å². The lowest BCUT2D eigenvalue weighted by molar-refractivity contribution is -0.121. The van der Waals surface area contributed by atoms with Crippen molar-refractivity contribution in [3.63, 3.8) is 0 Å². The van der Waals surface area contributed by atoms with Crippen molar-refractivity contribution in [3.05, 3.63) is 46.8 Å². The monoisotopic (exact) mass is 433 g/mol. The van der Waals surface area contributed by atoms with E-state index in [1.165, 1.54) is 12.4 Å². The van der Waals surface area contributed by atoms with Crippen LogP contribution in [0.4, 0.5) is 4.39 Å². The lowest BCUT2D eigenvalue weighted by Crippen LogP contribution is -2.37. The van der Waals surface area contributed by atoms with Crippen molar-refractivity contribution in [3.8, 4) is 11.6 Å². The van der Waals surface area contributed by atoms with E-state index in [0.29, 0.717) is 22.3 Å². The molecular weight excluding hydrogens is 413 g/mol. The molecule has 1 aliphatic heterocycles. The number of aryl methyl sites for hydroxylation is 1. The number of carbonyl (C=O) groups is 1. The van der Waals surface area contributed by atoms with Gasteiger partial charge in [-0.15, -0.1) is 0 Å². The number of H-pyrrole nitrogens is 1. The molecule has 158 valence electrons. The molecule has 0 spiro atoms. The number of likely N-dealkylation sites (tertiary alicyclic amines) is 1. The van der Waals surface area contributed by atoms with Crippen molar-refractivity contribution in [2.24, 2.45) is 0 Å². The van der Waals surface area contributed by atoms with Crippen molar-refractivity contribution in [1.29, 1.82) is 0 Å². The Labute approximate surface area is 177 Å². The Balaban J connectivity index is 1.36. The molecule has 1 amide bonds. The highest BCUT2D eigenvalue weighted by Gasteiger charge is 2.28. The zero-order valence-electron chi connectivity index (χ0n) is 16.1. The van der Waals surface area contributed by atoms with Crippen LogP contribution < -0.4 is 5.32 Å². The quantitative estimate of drug-likeness (QED) is 0.561. The zero-order chi connectivity index (χ0) is 20.9. The van der Waals surface area contributed by atoms with Crippen LogP contribution in [0.1, 0.15) is 36.8 Å². The molecule has 1 atom stereocenters. The van der Waals surface area contributed by atoms with Gasteiger partial charge in [0.05, 0.1) is 6.04 Å². The average Bonchev–Trinajstić information content (AvgIpc) is 3.50. The molecule has 0 aliphatic carbocycles. The fraction of sp³-hybridized carbons (Fsp3) is 0.421. The van der Waals surface area contributed by atoms with E-state index in [-0.39, 0.29) is 43.0 Å². The van der Waals surface area contributed by atoms with E-state index >= 15 is 0 Å². The number of halogens is 2. The van der Waals surface area contributed by atoms with E-state index in [4.69, 9.17) is 16.1 Å². The molecule has 3 aromatic rings. The van der Waals surface area contributed by atoms with Gasteiger partial charge >= 0.3 is 0 Å². The van der Waals surface area contributed by atoms with Crippen LogP contribution in [0, 0.1) is 5.82 Å². The minimum absolute atomic E-state index is 0.162. The van der Waals surface area contributed by atoms with Crippen LogP contribution in [0.2, 0.25) is 5.02 Å². The highest BCUT2D eigenvalue weighted by molar-refractivity contribution is 6.31. The Bertz CT molecular complexity index is 968. The van der Waals surface area contributed by atoms with E-state index in [1.54, 1.807) is 12.1 Å². The Morgan fingerprint density at radius 3 is 2.93 bits per heavy atom. The van der Waals surface area contributed by atoms with Crippen LogP contribution in [0.3, 0.4) is 0 Å². The van der Waals surface area contributed by atoms with Gasteiger partial charge in [-0.2, -0.15) is 10.1 Å². The lowest BCUT2D eigenvalue weighted by Gasteiger charge is -2.29. The second-order valence-corrected chi connectivity index (χ2v) is 7.45. The Hall–Kier alpha value is -2.85. The fourth-order valence-electron chi connectivity index (χ4n) is 3.58. The Morgan fingerprint density at radius 2 is 2.20 bits per heavy atom. The third-order valence-electron chi connectivity index (χ3n) is 5.07. The molecule has 3 heterocycles. The largest absolute Gasteiger partial charge is 0.354 e. The van der Waals surface area contributed by atoms with Gasteiger partial charge in [-0.3, -0.25) is 14.8 Å². The number of hydrogen-bond acceptors (Lipinski definition) is 7. The first-order valence-corrected chi connectivity index (χ1v) is 10.1. The SMILES string of the molecule is O=C(CCc1nc(-c2ncn[nH]2)no1)NCC(c1c(F)cccc1Cl)N1CCCC1. The number of aromatic amines is 1. The summed E-state index contributed by atoms with van der Waals surface area (Å²) in [6, 6.07) is 4.34. The molecule has 1 unspecified atom stereocenters. The summed E-state index contributed by atoms with van der Waals surface area (Å²) in [5.41, 5.74) is 0.426. The number of rotatable bonds is 8. The van der Waals surface area contributed by atoms with E-state index in [2.05, 4.69) is 35.5 Å². The third kappa shape index (κ3) is 4.65. The normalized spacial score (nSPS) is 15.4. The topological polar surface area (TPSA) is 113 Å². The average molecular weight is 434 g/mol. The maximum atomic E-state index is 14.5. The molecule has 30 heavy (non-hydrogen) atoms. The van der Waals surface area contributed by atoms with Gasteiger partial charge in [-0.05, 0) is 38.1 Å². The number of benzene rings is 1. The minimum Gasteiger partial charge on any atom is -0.354 e. The number of nitrogens with one attached hydrogen (secondary N) is 2. The molecule has 1 aliphatic rings. The Morgan fingerprint density at radius 1 is 1.37 bits per heavy atom. The molecule has 2 aromatic heterocycles. The van der Waals surface area contributed by atoms with Crippen LogP contribution in [0.15, 0.2) is 29.0 Å². The highest BCUT2D eigenvalue weighted by Crippen LogP contribution is 2.32. The van der Waals surface area contributed by atoms with Crippen molar-refractivity contribution in [1.82, 2.24) is 35.5 Å². The Kier molecular flexibility index (Phi) is 6.34. The van der Waals surface area contributed by atoms with E-state index in [9.17, 15) is 9.18 Å². The molecular formula is C19H21ClFN7O2. The van der Waals surface area contributed by atoms with E-state index in [1.807, 2.05) is 0 Å². The fourth-order valence-corrected chi connectivity index (χ4v) is 3.87. The first-order chi connectivity index (χ1) is 14.6. The number of hydrogen-bond donors (Lipinski definition) is 2. The van der Waals surface area contributed by atoms with Crippen molar-refractivity contribution in [2.45, 2.75) is 31.7 Å². The minimum atomic E-state index is -0.362. The smallest absolute Gasteiger partial charge is 0.239 e. The summed E-state index contributed by atoms with van der Waals surface area (Å²) in [4.78, 5) is 22.7. The second kappa shape index (κ2) is 9.31. The van der Waals surface area contributed by atoms with Crippen LogP contribution >= 0.6 is 11.6 Å². The van der Waals surface area contributed by atoms with Crippen LogP contribution in [-0.2, 0) is 11.2 Å². The first kappa shape index (κ1) is 20.4. The van der Waals surface area contributed by atoms with Gasteiger partial charge in [0.25, 0.3) is 0 Å². The predicted molar refractivity (Wildman–Crippen MR) is 106 cm³/mol. The molecule has 4 rings (SSSR count). The summed E-state index contributed by atoms with van der Waals surface area (Å²) < 4.78 is 19.6. The van der Waals surface area contributed by atoms with Crippen molar-refractivity contribution in [2.75, 3.05) is 19.6 Å². The van der Waals surface area contributed by atoms with Crippen LogP contribution in [-0.4, -0.2) is 55.8 Å². The van der Waals surface area contributed by atoms with Crippen LogP contribution in [0.25, 0.3) is 11.6 Å². The van der Waals surface area contributed by atoms with Gasteiger partial charge in [0.15, 0.2) is 5.82 Å². The van der Waals surface area contributed by atoms with E-state index < -0.39 is 0 Å². The number of aromatic nitrogens is 5. The molecule has 0 radical (unpaired) electrons. The summed E-state index contributed by atoms with van der Waals surface area (Å²) in [6.07, 6.45) is 3.87. The third-order valence-corrected chi connectivity index (χ3v) is 5.40. The molecule has 2 N–H and O–H groups in total. The van der Waals surface area contributed by atoms with Gasteiger partial charge in [0.1, 0.15) is 12.1 Å². The highest BCUT2D eigenvalue weighted by atomic mass is 35.5. The van der Waals surface area contributed by atoms with Gasteiger partial charge in [0.2, 0.25) is 17.6 Å². The molecule has 0 bridgehead atoms. The number of nitrogens with zero attached hydrogens (tertiary/aromatic N) is 5. The summed E-state index contributed by atoms with van der Waals surface area (Å²) in [7, 11) is 0. The van der Waals surface area contributed by atoms with Crippen molar-refractivity contribution < 1.29 is 13.7 Å². The van der Waals surface area contributed by atoms with Gasteiger partial charge in [-0.1, -0.05) is 22.8 Å². The van der Waals surface area contributed by atoms with E-state index in [0.717, 1.165) is 25.9 Å².